The SMILES string of the molecule is CC(Oc1ccc(C(C)C)cc1)C(=O)Nc1ccccc1CNC(=O)CNC(=O)OC(C)(C)C. The van der Waals surface area contributed by atoms with Gasteiger partial charge in [0.1, 0.15) is 17.9 Å². The molecule has 0 aliphatic rings. The molecule has 2 rings (SSSR count). The van der Waals surface area contributed by atoms with E-state index in [0.29, 0.717) is 17.4 Å². The van der Waals surface area contributed by atoms with Crippen molar-refractivity contribution in [1.29, 1.82) is 0 Å². The van der Waals surface area contributed by atoms with Gasteiger partial charge in [-0.15, -0.1) is 0 Å². The first kappa shape index (κ1) is 26.7. The highest BCUT2D eigenvalue weighted by molar-refractivity contribution is 5.94. The minimum atomic E-state index is -0.717. The maximum atomic E-state index is 12.7. The van der Waals surface area contributed by atoms with E-state index in [4.69, 9.17) is 9.47 Å². The van der Waals surface area contributed by atoms with Crippen LogP contribution in [0.3, 0.4) is 0 Å². The fraction of sp³-hybridized carbons (Fsp3) is 0.423. The average molecular weight is 470 g/mol. The molecule has 0 saturated carbocycles. The number of alkyl carbamates (subject to hydrolysis) is 1. The molecular weight excluding hydrogens is 434 g/mol. The Morgan fingerprint density at radius 2 is 1.56 bits per heavy atom. The molecule has 0 saturated heterocycles. The van der Waals surface area contributed by atoms with Crippen LogP contribution in [-0.4, -0.2) is 36.2 Å². The summed E-state index contributed by atoms with van der Waals surface area (Å²) in [5, 5.41) is 7.99. The number of carbonyl (C=O) groups is 3. The number of anilines is 1. The number of nitrogens with one attached hydrogen (secondary N) is 3. The normalized spacial score (nSPS) is 12.0. The minimum absolute atomic E-state index is 0.178. The van der Waals surface area contributed by atoms with E-state index in [9.17, 15) is 14.4 Å². The largest absolute Gasteiger partial charge is 0.481 e. The van der Waals surface area contributed by atoms with Crippen molar-refractivity contribution in [1.82, 2.24) is 10.6 Å². The predicted octanol–water partition coefficient (Wildman–Crippen LogP) is 4.36. The number of benzene rings is 2. The predicted molar refractivity (Wildman–Crippen MR) is 132 cm³/mol. The van der Waals surface area contributed by atoms with Crippen molar-refractivity contribution in [2.75, 3.05) is 11.9 Å². The van der Waals surface area contributed by atoms with Gasteiger partial charge in [-0.05, 0) is 62.9 Å². The molecule has 1 atom stereocenters. The molecule has 3 amide bonds. The number of amides is 3. The van der Waals surface area contributed by atoms with Gasteiger partial charge in [-0.25, -0.2) is 4.79 Å². The third kappa shape index (κ3) is 9.13. The van der Waals surface area contributed by atoms with E-state index in [-0.39, 0.29) is 24.9 Å². The molecule has 8 nitrogen and oxygen atoms in total. The highest BCUT2D eigenvalue weighted by Gasteiger charge is 2.18. The molecule has 0 aliphatic carbocycles. The number of hydrogen-bond donors (Lipinski definition) is 3. The van der Waals surface area contributed by atoms with Crippen LogP contribution >= 0.6 is 0 Å². The Hall–Kier alpha value is -3.55. The van der Waals surface area contributed by atoms with Crippen molar-refractivity contribution >= 4 is 23.6 Å². The van der Waals surface area contributed by atoms with Gasteiger partial charge < -0.3 is 25.4 Å². The summed E-state index contributed by atoms with van der Waals surface area (Å²) < 4.78 is 10.9. The second-order valence-corrected chi connectivity index (χ2v) is 9.26. The number of rotatable bonds is 9. The molecule has 2 aromatic carbocycles. The van der Waals surface area contributed by atoms with E-state index in [1.54, 1.807) is 45.9 Å². The second-order valence-electron chi connectivity index (χ2n) is 9.26. The lowest BCUT2D eigenvalue weighted by atomic mass is 10.0. The zero-order valence-corrected chi connectivity index (χ0v) is 20.7. The quantitative estimate of drug-likeness (QED) is 0.506. The molecular formula is C26H35N3O5. The first-order chi connectivity index (χ1) is 15.9. The van der Waals surface area contributed by atoms with E-state index in [0.717, 1.165) is 5.56 Å². The molecule has 0 heterocycles. The first-order valence-corrected chi connectivity index (χ1v) is 11.3. The zero-order chi connectivity index (χ0) is 25.3. The van der Waals surface area contributed by atoms with E-state index < -0.39 is 17.8 Å². The van der Waals surface area contributed by atoms with Crippen LogP contribution < -0.4 is 20.7 Å². The van der Waals surface area contributed by atoms with Crippen LogP contribution in [0, 0.1) is 0 Å². The summed E-state index contributed by atoms with van der Waals surface area (Å²) >= 11 is 0. The summed E-state index contributed by atoms with van der Waals surface area (Å²) in [6.45, 7) is 11.1. The monoisotopic (exact) mass is 469 g/mol. The van der Waals surface area contributed by atoms with Crippen LogP contribution in [0.4, 0.5) is 10.5 Å². The number of hydrogen-bond acceptors (Lipinski definition) is 5. The highest BCUT2D eigenvalue weighted by atomic mass is 16.6. The van der Waals surface area contributed by atoms with Gasteiger partial charge in [0, 0.05) is 12.2 Å². The summed E-state index contributed by atoms with van der Waals surface area (Å²) in [4.78, 5) is 36.5. The van der Waals surface area contributed by atoms with Gasteiger partial charge in [-0.3, -0.25) is 9.59 Å². The summed E-state index contributed by atoms with van der Waals surface area (Å²) in [6, 6.07) is 14.8. The molecule has 0 spiro atoms. The Balaban J connectivity index is 1.88. The van der Waals surface area contributed by atoms with Crippen LogP contribution in [0.1, 0.15) is 58.6 Å². The molecule has 0 bridgehead atoms. The fourth-order valence-electron chi connectivity index (χ4n) is 2.94. The maximum Gasteiger partial charge on any atom is 0.408 e. The molecule has 3 N–H and O–H groups in total. The van der Waals surface area contributed by atoms with Crippen molar-refractivity contribution in [2.45, 2.75) is 65.7 Å². The van der Waals surface area contributed by atoms with Crippen molar-refractivity contribution in [3.63, 3.8) is 0 Å². The molecule has 34 heavy (non-hydrogen) atoms. The lowest BCUT2D eigenvalue weighted by Gasteiger charge is -2.19. The molecule has 0 fully saturated rings. The Morgan fingerprint density at radius 3 is 2.18 bits per heavy atom. The Kier molecular flexibility index (Phi) is 9.47. The van der Waals surface area contributed by atoms with Crippen LogP contribution in [0.2, 0.25) is 0 Å². The summed E-state index contributed by atoms with van der Waals surface area (Å²) in [6.07, 6.45) is -1.38. The summed E-state index contributed by atoms with van der Waals surface area (Å²) in [5.41, 5.74) is 1.84. The van der Waals surface area contributed by atoms with Crippen molar-refractivity contribution in [3.05, 3.63) is 59.7 Å². The van der Waals surface area contributed by atoms with Gasteiger partial charge in [0.15, 0.2) is 6.10 Å². The van der Waals surface area contributed by atoms with Gasteiger partial charge in [0.25, 0.3) is 5.91 Å². The van der Waals surface area contributed by atoms with Crippen molar-refractivity contribution in [2.24, 2.45) is 0 Å². The number of para-hydroxylation sites is 1. The summed E-state index contributed by atoms with van der Waals surface area (Å²) in [7, 11) is 0. The van der Waals surface area contributed by atoms with Crippen LogP contribution in [0.25, 0.3) is 0 Å². The zero-order valence-electron chi connectivity index (χ0n) is 20.7. The van der Waals surface area contributed by atoms with Gasteiger partial charge in [0.05, 0.1) is 0 Å². The Morgan fingerprint density at radius 1 is 0.912 bits per heavy atom. The third-order valence-electron chi connectivity index (χ3n) is 4.77. The van der Waals surface area contributed by atoms with Gasteiger partial charge in [-0.1, -0.05) is 44.2 Å². The smallest absolute Gasteiger partial charge is 0.408 e. The minimum Gasteiger partial charge on any atom is -0.481 e. The maximum absolute atomic E-state index is 12.7. The molecule has 2 aromatic rings. The van der Waals surface area contributed by atoms with Crippen molar-refractivity contribution in [3.8, 4) is 5.75 Å². The van der Waals surface area contributed by atoms with E-state index in [1.807, 2.05) is 30.3 Å². The van der Waals surface area contributed by atoms with Gasteiger partial charge >= 0.3 is 6.09 Å². The van der Waals surface area contributed by atoms with Crippen molar-refractivity contribution < 1.29 is 23.9 Å². The Bertz CT molecular complexity index is 981. The van der Waals surface area contributed by atoms with Crippen LogP contribution in [-0.2, 0) is 20.9 Å². The fourth-order valence-corrected chi connectivity index (χ4v) is 2.94. The number of carbonyl (C=O) groups excluding carboxylic acids is 3. The van der Waals surface area contributed by atoms with Crippen LogP contribution in [0.15, 0.2) is 48.5 Å². The van der Waals surface area contributed by atoms with E-state index in [2.05, 4.69) is 29.8 Å². The van der Waals surface area contributed by atoms with Gasteiger partial charge in [-0.2, -0.15) is 0 Å². The highest BCUT2D eigenvalue weighted by Crippen LogP contribution is 2.20. The van der Waals surface area contributed by atoms with Crippen LogP contribution in [0.5, 0.6) is 5.75 Å². The average Bonchev–Trinajstić information content (AvgIpc) is 2.76. The van der Waals surface area contributed by atoms with E-state index >= 15 is 0 Å². The molecule has 0 aliphatic heterocycles. The number of ether oxygens (including phenoxy) is 2. The second kappa shape index (κ2) is 12.1. The van der Waals surface area contributed by atoms with Gasteiger partial charge in [0.2, 0.25) is 5.91 Å². The Labute approximate surface area is 201 Å². The third-order valence-corrected chi connectivity index (χ3v) is 4.77. The first-order valence-electron chi connectivity index (χ1n) is 11.3. The standard InChI is InChI=1S/C26H35N3O5/c1-17(2)19-11-13-21(14-12-19)33-18(3)24(31)29-22-10-8-7-9-20(22)15-27-23(30)16-28-25(32)34-26(4,5)6/h7-14,17-18H,15-16H2,1-6H3,(H,27,30)(H,28,32)(H,29,31). The molecule has 184 valence electrons. The lowest BCUT2D eigenvalue weighted by Crippen LogP contribution is -2.39. The molecule has 1 unspecified atom stereocenters. The lowest BCUT2D eigenvalue weighted by molar-refractivity contribution is -0.122. The molecule has 0 aromatic heterocycles. The molecule has 8 heteroatoms. The molecule has 0 radical (unpaired) electrons. The summed E-state index contributed by atoms with van der Waals surface area (Å²) in [5.74, 6) is 0.344. The topological polar surface area (TPSA) is 106 Å². The van der Waals surface area contributed by atoms with E-state index in [1.165, 1.54) is 5.56 Å².